The second-order valence-electron chi connectivity index (χ2n) is 5.76. The largest absolute Gasteiger partial charge is 0.218 e. The molecule has 0 fully saturated rings. The summed E-state index contributed by atoms with van der Waals surface area (Å²) in [5.41, 5.74) is 5.07. The molecule has 1 aromatic carbocycles. The van der Waals surface area contributed by atoms with Crippen molar-refractivity contribution >= 4 is 16.3 Å². The number of nitrogens with zero attached hydrogens (tertiary/aromatic N) is 2. The van der Waals surface area contributed by atoms with Gasteiger partial charge in [0.25, 0.3) is 0 Å². The SMILES string of the molecule is Cc1cc2c(cc[n+]3ccccc23)cc1-c1cccc[n+]1C. The lowest BCUT2D eigenvalue weighted by atomic mass is 9.99. The van der Waals surface area contributed by atoms with E-state index in [1.807, 2.05) is 0 Å². The zero-order valence-electron chi connectivity index (χ0n) is 12.8. The third-order valence-corrected chi connectivity index (χ3v) is 4.31. The first-order valence-corrected chi connectivity index (χ1v) is 7.52. The van der Waals surface area contributed by atoms with E-state index in [1.165, 1.54) is 33.1 Å². The Balaban J connectivity index is 2.06. The molecule has 0 N–H and O–H groups in total. The van der Waals surface area contributed by atoms with Crippen molar-refractivity contribution < 1.29 is 8.97 Å². The molecule has 0 atom stereocenters. The predicted molar refractivity (Wildman–Crippen MR) is 88.5 cm³/mol. The third-order valence-electron chi connectivity index (χ3n) is 4.31. The zero-order chi connectivity index (χ0) is 15.1. The summed E-state index contributed by atoms with van der Waals surface area (Å²) in [7, 11) is 2.09. The van der Waals surface area contributed by atoms with Crippen molar-refractivity contribution in [1.29, 1.82) is 0 Å². The topological polar surface area (TPSA) is 7.98 Å². The lowest BCUT2D eigenvalue weighted by molar-refractivity contribution is -0.660. The van der Waals surface area contributed by atoms with Crippen molar-refractivity contribution in [3.05, 3.63) is 78.8 Å². The normalized spacial score (nSPS) is 11.2. The highest BCUT2D eigenvalue weighted by Gasteiger charge is 2.15. The van der Waals surface area contributed by atoms with Gasteiger partial charge in [0.1, 0.15) is 7.05 Å². The number of rotatable bonds is 1. The number of aromatic nitrogens is 2. The first kappa shape index (κ1) is 13.0. The molecule has 0 spiro atoms. The van der Waals surface area contributed by atoms with Crippen LogP contribution in [0.5, 0.6) is 0 Å². The molecule has 0 aliphatic rings. The van der Waals surface area contributed by atoms with Gasteiger partial charge in [-0.2, -0.15) is 4.40 Å². The standard InChI is InChI=1S/C20H18N2/c1-15-13-18-16(9-12-22-11-6-4-8-20(18)22)14-17(15)19-7-3-5-10-21(19)2/h3-14H,1-2H3/q+2. The first-order chi connectivity index (χ1) is 10.7. The number of fused-ring (bicyclic) bond motifs is 3. The van der Waals surface area contributed by atoms with Crippen molar-refractivity contribution in [1.82, 2.24) is 0 Å². The van der Waals surface area contributed by atoms with Crippen molar-refractivity contribution in [3.8, 4) is 11.3 Å². The Morgan fingerprint density at radius 1 is 0.818 bits per heavy atom. The molecule has 0 bridgehead atoms. The van der Waals surface area contributed by atoms with Gasteiger partial charge in [-0.3, -0.25) is 0 Å². The molecule has 3 aromatic heterocycles. The molecule has 0 unspecified atom stereocenters. The second-order valence-corrected chi connectivity index (χ2v) is 5.76. The van der Waals surface area contributed by atoms with Gasteiger partial charge in [0.05, 0.1) is 5.39 Å². The van der Waals surface area contributed by atoms with Gasteiger partial charge in [-0.15, -0.1) is 0 Å². The third kappa shape index (κ3) is 1.96. The molecule has 22 heavy (non-hydrogen) atoms. The zero-order valence-corrected chi connectivity index (χ0v) is 12.8. The first-order valence-electron chi connectivity index (χ1n) is 7.52. The van der Waals surface area contributed by atoms with Gasteiger partial charge in [-0.05, 0) is 42.1 Å². The molecule has 2 nitrogen and oxygen atoms in total. The quantitative estimate of drug-likeness (QED) is 0.374. The molecule has 0 saturated carbocycles. The summed E-state index contributed by atoms with van der Waals surface area (Å²) in [5, 5.41) is 2.57. The van der Waals surface area contributed by atoms with Crippen LogP contribution in [0.15, 0.2) is 73.2 Å². The summed E-state index contributed by atoms with van der Waals surface area (Å²) >= 11 is 0. The average Bonchev–Trinajstić information content (AvgIpc) is 2.55. The van der Waals surface area contributed by atoms with Crippen LogP contribution in [0.1, 0.15) is 5.56 Å². The molecule has 4 rings (SSSR count). The Morgan fingerprint density at radius 2 is 1.64 bits per heavy atom. The number of hydrogen-bond donors (Lipinski definition) is 0. The maximum absolute atomic E-state index is 2.30. The molecular weight excluding hydrogens is 268 g/mol. The van der Waals surface area contributed by atoms with Gasteiger partial charge in [-0.25, -0.2) is 4.57 Å². The van der Waals surface area contributed by atoms with Gasteiger partial charge in [-0.1, -0.05) is 0 Å². The van der Waals surface area contributed by atoms with Crippen LogP contribution < -0.4 is 8.97 Å². The predicted octanol–water partition coefficient (Wildman–Crippen LogP) is 3.38. The summed E-state index contributed by atoms with van der Waals surface area (Å²) in [6.45, 7) is 2.19. The molecule has 0 radical (unpaired) electrons. The minimum atomic E-state index is 1.24. The number of aryl methyl sites for hydroxylation is 2. The maximum atomic E-state index is 2.30. The van der Waals surface area contributed by atoms with E-state index in [9.17, 15) is 0 Å². The van der Waals surface area contributed by atoms with Crippen LogP contribution in [0.4, 0.5) is 0 Å². The molecule has 2 heteroatoms. The average molecular weight is 286 g/mol. The Kier molecular flexibility index (Phi) is 2.90. The Labute approximate surface area is 129 Å². The van der Waals surface area contributed by atoms with E-state index >= 15 is 0 Å². The lowest BCUT2D eigenvalue weighted by Crippen LogP contribution is -2.30. The van der Waals surface area contributed by atoms with Gasteiger partial charge in [0, 0.05) is 35.9 Å². The molecule has 3 heterocycles. The van der Waals surface area contributed by atoms with Crippen LogP contribution in [0.2, 0.25) is 0 Å². The number of benzene rings is 1. The highest BCUT2D eigenvalue weighted by atomic mass is 14.9. The van der Waals surface area contributed by atoms with Crippen LogP contribution in [0, 0.1) is 6.92 Å². The minimum Gasteiger partial charge on any atom is -0.201 e. The van der Waals surface area contributed by atoms with Crippen LogP contribution in [0.3, 0.4) is 0 Å². The monoisotopic (exact) mass is 286 g/mol. The minimum absolute atomic E-state index is 1.24. The van der Waals surface area contributed by atoms with E-state index in [0.29, 0.717) is 0 Å². The number of pyridine rings is 3. The Hall–Kier alpha value is -2.74. The molecule has 0 saturated heterocycles. The lowest BCUT2D eigenvalue weighted by Gasteiger charge is -2.07. The summed E-state index contributed by atoms with van der Waals surface area (Å²) in [6.07, 6.45) is 6.31. The van der Waals surface area contributed by atoms with Crippen LogP contribution >= 0.6 is 0 Å². The number of hydrogen-bond acceptors (Lipinski definition) is 0. The van der Waals surface area contributed by atoms with E-state index in [1.54, 1.807) is 0 Å². The van der Waals surface area contributed by atoms with Crippen molar-refractivity contribution in [2.45, 2.75) is 6.92 Å². The summed E-state index contributed by atoms with van der Waals surface area (Å²) < 4.78 is 4.34. The summed E-state index contributed by atoms with van der Waals surface area (Å²) in [4.78, 5) is 0. The Bertz CT molecular complexity index is 1000. The smallest absolute Gasteiger partial charge is 0.201 e. The van der Waals surface area contributed by atoms with Gasteiger partial charge >= 0.3 is 0 Å². The van der Waals surface area contributed by atoms with Gasteiger partial charge in [0.15, 0.2) is 18.6 Å². The Morgan fingerprint density at radius 3 is 2.50 bits per heavy atom. The van der Waals surface area contributed by atoms with E-state index in [2.05, 4.69) is 96.1 Å². The van der Waals surface area contributed by atoms with E-state index in [-0.39, 0.29) is 0 Å². The van der Waals surface area contributed by atoms with E-state index in [0.717, 1.165) is 0 Å². The molecule has 0 amide bonds. The van der Waals surface area contributed by atoms with Crippen molar-refractivity contribution in [3.63, 3.8) is 0 Å². The van der Waals surface area contributed by atoms with Crippen molar-refractivity contribution in [2.75, 3.05) is 0 Å². The van der Waals surface area contributed by atoms with Crippen LogP contribution in [0.25, 0.3) is 27.5 Å². The highest BCUT2D eigenvalue weighted by molar-refractivity contribution is 5.96. The fourth-order valence-electron chi connectivity index (χ4n) is 3.14. The molecule has 106 valence electrons. The fourth-order valence-corrected chi connectivity index (χ4v) is 3.14. The maximum Gasteiger partial charge on any atom is 0.218 e. The molecule has 0 aliphatic heterocycles. The van der Waals surface area contributed by atoms with Gasteiger partial charge in [0.2, 0.25) is 11.2 Å². The molecule has 0 aliphatic carbocycles. The van der Waals surface area contributed by atoms with Crippen LogP contribution in [-0.2, 0) is 7.05 Å². The highest BCUT2D eigenvalue weighted by Crippen LogP contribution is 2.27. The summed E-state index contributed by atoms with van der Waals surface area (Å²) in [5.74, 6) is 0. The van der Waals surface area contributed by atoms with Crippen LogP contribution in [-0.4, -0.2) is 0 Å². The fraction of sp³-hybridized carbons (Fsp3) is 0.100. The van der Waals surface area contributed by atoms with Crippen molar-refractivity contribution in [2.24, 2.45) is 7.05 Å². The van der Waals surface area contributed by atoms with E-state index in [4.69, 9.17) is 0 Å². The summed E-state index contributed by atoms with van der Waals surface area (Å²) in [6, 6.07) is 19.4. The second kappa shape index (κ2) is 4.92. The molecule has 4 aromatic rings. The van der Waals surface area contributed by atoms with E-state index < -0.39 is 0 Å². The molecular formula is C20H18N2+2. The van der Waals surface area contributed by atoms with Gasteiger partial charge < -0.3 is 0 Å².